The Morgan fingerprint density at radius 3 is 2.69 bits per heavy atom. The summed E-state index contributed by atoms with van der Waals surface area (Å²) in [6.07, 6.45) is 0.668. The molecule has 0 aromatic heterocycles. The van der Waals surface area contributed by atoms with Gasteiger partial charge in [-0.1, -0.05) is 6.07 Å². The number of hydrogen-bond donors (Lipinski definition) is 1. The molecule has 1 aromatic rings. The second-order valence-corrected chi connectivity index (χ2v) is 3.80. The predicted octanol–water partition coefficient (Wildman–Crippen LogP) is 2.13. The van der Waals surface area contributed by atoms with Crippen molar-refractivity contribution < 1.29 is 13.5 Å². The van der Waals surface area contributed by atoms with Gasteiger partial charge in [0.1, 0.15) is 0 Å². The van der Waals surface area contributed by atoms with Crippen LogP contribution in [0.2, 0.25) is 0 Å². The van der Waals surface area contributed by atoms with Gasteiger partial charge in [-0.3, -0.25) is 0 Å². The number of benzene rings is 1. The van der Waals surface area contributed by atoms with Crippen LogP contribution >= 0.6 is 0 Å². The lowest BCUT2D eigenvalue weighted by atomic mass is 10.1. The van der Waals surface area contributed by atoms with Crippen LogP contribution < -0.4 is 5.32 Å². The molecule has 1 unspecified atom stereocenters. The largest absolute Gasteiger partial charge is 0.383 e. The van der Waals surface area contributed by atoms with Gasteiger partial charge in [-0.05, 0) is 31.0 Å². The van der Waals surface area contributed by atoms with E-state index in [1.165, 1.54) is 6.07 Å². The third-order valence-corrected chi connectivity index (χ3v) is 2.32. The SMILES string of the molecule is COCCNC(C)Cc1ccc(F)c(F)c1. The third kappa shape index (κ3) is 4.24. The van der Waals surface area contributed by atoms with Crippen molar-refractivity contribution in [2.45, 2.75) is 19.4 Å². The second kappa shape index (κ2) is 6.55. The van der Waals surface area contributed by atoms with E-state index in [0.29, 0.717) is 13.0 Å². The molecule has 0 bridgehead atoms. The van der Waals surface area contributed by atoms with Crippen molar-refractivity contribution in [2.75, 3.05) is 20.3 Å². The molecular formula is C12H17F2NO. The van der Waals surface area contributed by atoms with E-state index in [9.17, 15) is 8.78 Å². The Kier molecular flexibility index (Phi) is 5.35. The van der Waals surface area contributed by atoms with E-state index in [0.717, 1.165) is 18.2 Å². The molecule has 0 radical (unpaired) electrons. The Morgan fingerprint density at radius 1 is 1.31 bits per heavy atom. The van der Waals surface area contributed by atoms with Crippen LogP contribution in [0.4, 0.5) is 8.78 Å². The number of methoxy groups -OCH3 is 1. The molecule has 0 saturated carbocycles. The van der Waals surface area contributed by atoms with Crippen LogP contribution in [0.5, 0.6) is 0 Å². The molecule has 0 aliphatic rings. The van der Waals surface area contributed by atoms with E-state index >= 15 is 0 Å². The van der Waals surface area contributed by atoms with Crippen LogP contribution in [0.3, 0.4) is 0 Å². The molecule has 0 fully saturated rings. The zero-order valence-corrected chi connectivity index (χ0v) is 9.59. The fraction of sp³-hybridized carbons (Fsp3) is 0.500. The highest BCUT2D eigenvalue weighted by molar-refractivity contribution is 5.18. The van der Waals surface area contributed by atoms with Crippen LogP contribution in [-0.2, 0) is 11.2 Å². The van der Waals surface area contributed by atoms with Crippen molar-refractivity contribution in [1.82, 2.24) is 5.32 Å². The average Bonchev–Trinajstić information content (AvgIpc) is 2.24. The molecule has 90 valence electrons. The van der Waals surface area contributed by atoms with E-state index in [1.54, 1.807) is 13.2 Å². The lowest BCUT2D eigenvalue weighted by Gasteiger charge is -2.13. The molecule has 1 atom stereocenters. The Labute approximate surface area is 94.6 Å². The molecular weight excluding hydrogens is 212 g/mol. The van der Waals surface area contributed by atoms with Crippen molar-refractivity contribution in [3.8, 4) is 0 Å². The molecule has 0 saturated heterocycles. The summed E-state index contributed by atoms with van der Waals surface area (Å²) in [5.41, 5.74) is 0.788. The zero-order chi connectivity index (χ0) is 12.0. The van der Waals surface area contributed by atoms with Gasteiger partial charge in [0.25, 0.3) is 0 Å². The van der Waals surface area contributed by atoms with Gasteiger partial charge < -0.3 is 10.1 Å². The number of nitrogens with one attached hydrogen (secondary N) is 1. The molecule has 0 aliphatic carbocycles. The minimum absolute atomic E-state index is 0.208. The van der Waals surface area contributed by atoms with Gasteiger partial charge in [0.05, 0.1) is 6.61 Å². The Hall–Kier alpha value is -1.00. The highest BCUT2D eigenvalue weighted by Crippen LogP contribution is 2.10. The fourth-order valence-corrected chi connectivity index (χ4v) is 1.50. The van der Waals surface area contributed by atoms with E-state index < -0.39 is 11.6 Å². The maximum Gasteiger partial charge on any atom is 0.159 e. The number of rotatable bonds is 6. The van der Waals surface area contributed by atoms with Crippen molar-refractivity contribution in [2.24, 2.45) is 0 Å². The Balaban J connectivity index is 2.43. The first kappa shape index (κ1) is 13.1. The summed E-state index contributed by atoms with van der Waals surface area (Å²) in [5.74, 6) is -1.59. The van der Waals surface area contributed by atoms with Crippen molar-refractivity contribution in [3.05, 3.63) is 35.4 Å². The molecule has 1 aromatic carbocycles. The maximum atomic E-state index is 12.9. The summed E-state index contributed by atoms with van der Waals surface area (Å²) in [6.45, 7) is 3.39. The van der Waals surface area contributed by atoms with Crippen molar-refractivity contribution in [1.29, 1.82) is 0 Å². The minimum Gasteiger partial charge on any atom is -0.383 e. The van der Waals surface area contributed by atoms with Crippen LogP contribution in [-0.4, -0.2) is 26.3 Å². The summed E-state index contributed by atoms with van der Waals surface area (Å²) < 4.78 is 30.5. The van der Waals surface area contributed by atoms with E-state index in [4.69, 9.17) is 4.74 Å². The van der Waals surface area contributed by atoms with Gasteiger partial charge in [0.2, 0.25) is 0 Å². The summed E-state index contributed by atoms with van der Waals surface area (Å²) in [4.78, 5) is 0. The maximum absolute atomic E-state index is 12.9. The normalized spacial score (nSPS) is 12.8. The molecule has 0 spiro atoms. The summed E-state index contributed by atoms with van der Waals surface area (Å²) in [6, 6.07) is 4.21. The van der Waals surface area contributed by atoms with E-state index in [1.807, 2.05) is 6.92 Å². The lowest BCUT2D eigenvalue weighted by Crippen LogP contribution is -2.31. The van der Waals surface area contributed by atoms with Crippen LogP contribution in [0, 0.1) is 11.6 Å². The van der Waals surface area contributed by atoms with Gasteiger partial charge in [0.15, 0.2) is 11.6 Å². The second-order valence-electron chi connectivity index (χ2n) is 3.80. The highest BCUT2D eigenvalue weighted by atomic mass is 19.2. The minimum atomic E-state index is -0.802. The predicted molar refractivity (Wildman–Crippen MR) is 59.4 cm³/mol. The average molecular weight is 229 g/mol. The summed E-state index contributed by atoms with van der Waals surface area (Å²) in [7, 11) is 1.64. The Bertz CT molecular complexity index is 331. The molecule has 0 aliphatic heterocycles. The quantitative estimate of drug-likeness (QED) is 0.754. The summed E-state index contributed by atoms with van der Waals surface area (Å²) >= 11 is 0. The molecule has 1 N–H and O–H groups in total. The first-order valence-electron chi connectivity index (χ1n) is 5.29. The molecule has 2 nitrogen and oxygen atoms in total. The van der Waals surface area contributed by atoms with Crippen LogP contribution in [0.25, 0.3) is 0 Å². The monoisotopic (exact) mass is 229 g/mol. The highest BCUT2D eigenvalue weighted by Gasteiger charge is 2.06. The molecule has 0 amide bonds. The first-order chi connectivity index (χ1) is 7.63. The molecule has 4 heteroatoms. The third-order valence-electron chi connectivity index (χ3n) is 2.32. The lowest BCUT2D eigenvalue weighted by molar-refractivity contribution is 0.196. The molecule has 16 heavy (non-hydrogen) atoms. The van der Waals surface area contributed by atoms with Gasteiger partial charge in [-0.25, -0.2) is 8.78 Å². The van der Waals surface area contributed by atoms with Gasteiger partial charge in [-0.2, -0.15) is 0 Å². The van der Waals surface area contributed by atoms with E-state index in [-0.39, 0.29) is 6.04 Å². The summed E-state index contributed by atoms with van der Waals surface area (Å²) in [5, 5.41) is 3.22. The standard InChI is InChI=1S/C12H17F2NO/c1-9(15-5-6-16-2)7-10-3-4-11(13)12(14)8-10/h3-4,8-9,15H,5-7H2,1-2H3. The van der Waals surface area contributed by atoms with Crippen LogP contribution in [0.15, 0.2) is 18.2 Å². The van der Waals surface area contributed by atoms with Gasteiger partial charge in [0, 0.05) is 19.7 Å². The fourth-order valence-electron chi connectivity index (χ4n) is 1.50. The van der Waals surface area contributed by atoms with Gasteiger partial charge >= 0.3 is 0 Å². The molecule has 1 rings (SSSR count). The Morgan fingerprint density at radius 2 is 2.06 bits per heavy atom. The van der Waals surface area contributed by atoms with Gasteiger partial charge in [-0.15, -0.1) is 0 Å². The zero-order valence-electron chi connectivity index (χ0n) is 9.59. The smallest absolute Gasteiger partial charge is 0.159 e. The van der Waals surface area contributed by atoms with Crippen LogP contribution in [0.1, 0.15) is 12.5 Å². The topological polar surface area (TPSA) is 21.3 Å². The number of halogens is 2. The van der Waals surface area contributed by atoms with Crippen molar-refractivity contribution >= 4 is 0 Å². The number of ether oxygens (including phenoxy) is 1. The molecule has 0 heterocycles. The van der Waals surface area contributed by atoms with Crippen molar-refractivity contribution in [3.63, 3.8) is 0 Å². The van der Waals surface area contributed by atoms with E-state index in [2.05, 4.69) is 5.32 Å². The number of hydrogen-bond acceptors (Lipinski definition) is 2. The first-order valence-corrected chi connectivity index (χ1v) is 5.29.